The summed E-state index contributed by atoms with van der Waals surface area (Å²) in [6.45, 7) is 6.06. The molecule has 122 valence electrons. The Morgan fingerprint density at radius 2 is 2.09 bits per heavy atom. The van der Waals surface area contributed by atoms with E-state index in [0.717, 1.165) is 0 Å². The Morgan fingerprint density at radius 1 is 1.41 bits per heavy atom. The first-order chi connectivity index (χ1) is 10.2. The van der Waals surface area contributed by atoms with Gasteiger partial charge in [-0.15, -0.1) is 0 Å². The molecule has 1 aliphatic heterocycles. The molecular weight excluding hydrogens is 287 g/mol. The second kappa shape index (κ2) is 6.12. The number of hydrogen-bond donors (Lipinski definition) is 1. The number of amides is 1. The Kier molecular flexibility index (Phi) is 4.60. The molecule has 0 radical (unpaired) electrons. The molecule has 22 heavy (non-hydrogen) atoms. The van der Waals surface area contributed by atoms with Crippen LogP contribution in [0.4, 0.5) is 9.18 Å². The third-order valence-corrected chi connectivity index (χ3v) is 3.56. The van der Waals surface area contributed by atoms with Gasteiger partial charge < -0.3 is 20.1 Å². The van der Waals surface area contributed by atoms with Gasteiger partial charge in [0.25, 0.3) is 0 Å². The number of methoxy groups -OCH3 is 1. The summed E-state index contributed by atoms with van der Waals surface area (Å²) in [5.74, 6) is 0.164. The highest BCUT2D eigenvalue weighted by atomic mass is 19.1. The summed E-state index contributed by atoms with van der Waals surface area (Å²) >= 11 is 0. The van der Waals surface area contributed by atoms with Crippen molar-refractivity contribution < 1.29 is 18.7 Å². The summed E-state index contributed by atoms with van der Waals surface area (Å²) < 4.78 is 24.8. The molecule has 5 nitrogen and oxygen atoms in total. The molecule has 0 bridgehead atoms. The summed E-state index contributed by atoms with van der Waals surface area (Å²) in [4.78, 5) is 13.8. The number of fused-ring (bicyclic) bond motifs is 1. The van der Waals surface area contributed by atoms with Gasteiger partial charge in [0.15, 0.2) is 0 Å². The highest BCUT2D eigenvalue weighted by Crippen LogP contribution is 2.34. The van der Waals surface area contributed by atoms with E-state index in [0.29, 0.717) is 29.8 Å². The molecule has 0 spiro atoms. The van der Waals surface area contributed by atoms with Crippen molar-refractivity contribution in [3.8, 4) is 5.75 Å². The largest absolute Gasteiger partial charge is 0.496 e. The number of nitrogens with zero attached hydrogens (tertiary/aromatic N) is 1. The van der Waals surface area contributed by atoms with Gasteiger partial charge in [0.1, 0.15) is 17.2 Å². The predicted molar refractivity (Wildman–Crippen MR) is 81.1 cm³/mol. The first-order valence-electron chi connectivity index (χ1n) is 7.31. The molecule has 1 amide bonds. The van der Waals surface area contributed by atoms with Crippen LogP contribution in [0.2, 0.25) is 0 Å². The predicted octanol–water partition coefficient (Wildman–Crippen LogP) is 2.97. The van der Waals surface area contributed by atoms with Gasteiger partial charge in [-0.05, 0) is 39.3 Å². The zero-order valence-corrected chi connectivity index (χ0v) is 13.5. The minimum atomic E-state index is -0.583. The van der Waals surface area contributed by atoms with Crippen molar-refractivity contribution in [1.82, 2.24) is 4.90 Å². The third kappa shape index (κ3) is 3.50. The van der Waals surface area contributed by atoms with Crippen LogP contribution in [0.5, 0.6) is 5.75 Å². The number of hydrogen-bond acceptors (Lipinski definition) is 4. The highest BCUT2D eigenvalue weighted by molar-refractivity contribution is 5.68. The lowest BCUT2D eigenvalue weighted by molar-refractivity contribution is 0.0234. The van der Waals surface area contributed by atoms with Gasteiger partial charge >= 0.3 is 6.09 Å². The van der Waals surface area contributed by atoms with Crippen LogP contribution in [0.3, 0.4) is 0 Å². The summed E-state index contributed by atoms with van der Waals surface area (Å²) in [5.41, 5.74) is 6.53. The minimum absolute atomic E-state index is 0.221. The molecule has 0 saturated carbocycles. The number of carbonyl (C=O) groups is 1. The van der Waals surface area contributed by atoms with Crippen molar-refractivity contribution in [3.63, 3.8) is 0 Å². The Morgan fingerprint density at radius 3 is 2.68 bits per heavy atom. The van der Waals surface area contributed by atoms with Crippen molar-refractivity contribution in [2.75, 3.05) is 13.7 Å². The standard InChI is InChI=1S/C16H23FN2O3/c1-16(2,3)22-15(20)19-8-7-12(18)14-10(9-19)13(21-4)6-5-11(14)17/h5-6,12H,7-9,18H2,1-4H3/t12-/m0/s1. The summed E-state index contributed by atoms with van der Waals surface area (Å²) in [6.07, 6.45) is 0.0370. The van der Waals surface area contributed by atoms with E-state index in [2.05, 4.69) is 0 Å². The van der Waals surface area contributed by atoms with E-state index in [1.807, 2.05) is 20.8 Å². The molecule has 0 aliphatic carbocycles. The smallest absolute Gasteiger partial charge is 0.410 e. The van der Waals surface area contributed by atoms with E-state index in [1.165, 1.54) is 13.2 Å². The number of nitrogens with two attached hydrogens (primary N) is 1. The normalized spacial score (nSPS) is 18.5. The molecule has 0 unspecified atom stereocenters. The van der Waals surface area contributed by atoms with Crippen LogP contribution in [0.15, 0.2) is 12.1 Å². The zero-order valence-electron chi connectivity index (χ0n) is 13.5. The van der Waals surface area contributed by atoms with Gasteiger partial charge in [-0.1, -0.05) is 0 Å². The molecule has 6 heteroatoms. The fourth-order valence-electron chi connectivity index (χ4n) is 2.56. The Balaban J connectivity index is 2.35. The highest BCUT2D eigenvalue weighted by Gasteiger charge is 2.30. The Labute approximate surface area is 130 Å². The Bertz CT molecular complexity index is 569. The second-order valence-corrected chi connectivity index (χ2v) is 6.44. The van der Waals surface area contributed by atoms with Crippen LogP contribution in [0.1, 0.15) is 44.4 Å². The molecule has 1 heterocycles. The lowest BCUT2D eigenvalue weighted by Gasteiger charge is -2.27. The molecule has 1 aromatic rings. The number of halogens is 1. The van der Waals surface area contributed by atoms with Gasteiger partial charge in [0.2, 0.25) is 0 Å². The number of ether oxygens (including phenoxy) is 2. The lowest BCUT2D eigenvalue weighted by Crippen LogP contribution is -2.36. The molecular formula is C16H23FN2O3. The molecule has 1 aromatic carbocycles. The zero-order chi connectivity index (χ0) is 16.5. The van der Waals surface area contributed by atoms with Crippen LogP contribution in [0, 0.1) is 5.82 Å². The van der Waals surface area contributed by atoms with Crippen LogP contribution < -0.4 is 10.5 Å². The maximum Gasteiger partial charge on any atom is 0.410 e. The van der Waals surface area contributed by atoms with E-state index < -0.39 is 17.7 Å². The van der Waals surface area contributed by atoms with E-state index >= 15 is 0 Å². The van der Waals surface area contributed by atoms with Crippen molar-refractivity contribution in [2.45, 2.75) is 45.4 Å². The molecule has 1 aliphatic rings. The van der Waals surface area contributed by atoms with Crippen molar-refractivity contribution in [1.29, 1.82) is 0 Å². The van der Waals surface area contributed by atoms with Crippen molar-refractivity contribution in [3.05, 3.63) is 29.1 Å². The number of rotatable bonds is 1. The third-order valence-electron chi connectivity index (χ3n) is 3.56. The van der Waals surface area contributed by atoms with Crippen LogP contribution in [-0.2, 0) is 11.3 Å². The van der Waals surface area contributed by atoms with Crippen LogP contribution >= 0.6 is 0 Å². The van der Waals surface area contributed by atoms with Crippen LogP contribution in [-0.4, -0.2) is 30.2 Å². The van der Waals surface area contributed by atoms with E-state index in [4.69, 9.17) is 15.2 Å². The summed E-state index contributed by atoms with van der Waals surface area (Å²) in [6, 6.07) is 2.43. The monoisotopic (exact) mass is 310 g/mol. The molecule has 0 saturated heterocycles. The van der Waals surface area contributed by atoms with Gasteiger partial charge in [-0.25, -0.2) is 9.18 Å². The quantitative estimate of drug-likeness (QED) is 0.866. The van der Waals surface area contributed by atoms with E-state index in [9.17, 15) is 9.18 Å². The van der Waals surface area contributed by atoms with E-state index in [1.54, 1.807) is 11.0 Å². The minimum Gasteiger partial charge on any atom is -0.496 e. The fourth-order valence-corrected chi connectivity index (χ4v) is 2.56. The van der Waals surface area contributed by atoms with E-state index in [-0.39, 0.29) is 12.4 Å². The average Bonchev–Trinajstić information content (AvgIpc) is 2.58. The molecule has 2 N–H and O–H groups in total. The Hall–Kier alpha value is -1.82. The lowest BCUT2D eigenvalue weighted by atomic mass is 9.98. The van der Waals surface area contributed by atoms with Gasteiger partial charge in [-0.3, -0.25) is 0 Å². The fraction of sp³-hybridized carbons (Fsp3) is 0.562. The number of carbonyl (C=O) groups excluding carboxylic acids is 1. The first kappa shape index (κ1) is 16.5. The second-order valence-electron chi connectivity index (χ2n) is 6.44. The molecule has 2 rings (SSSR count). The average molecular weight is 310 g/mol. The SMILES string of the molecule is COc1ccc(F)c2c1CN(C(=O)OC(C)(C)C)CC[C@@H]2N. The maximum atomic E-state index is 14.1. The van der Waals surface area contributed by atoms with Crippen molar-refractivity contribution in [2.24, 2.45) is 5.73 Å². The summed E-state index contributed by atoms with van der Waals surface area (Å²) in [7, 11) is 1.52. The number of benzene rings is 1. The first-order valence-corrected chi connectivity index (χ1v) is 7.31. The molecule has 1 atom stereocenters. The van der Waals surface area contributed by atoms with Gasteiger partial charge in [0, 0.05) is 23.7 Å². The maximum absolute atomic E-state index is 14.1. The topological polar surface area (TPSA) is 64.8 Å². The molecule has 0 fully saturated rings. The van der Waals surface area contributed by atoms with Gasteiger partial charge in [0.05, 0.1) is 13.7 Å². The van der Waals surface area contributed by atoms with Crippen molar-refractivity contribution >= 4 is 6.09 Å². The summed E-state index contributed by atoms with van der Waals surface area (Å²) in [5, 5.41) is 0. The van der Waals surface area contributed by atoms with Gasteiger partial charge in [-0.2, -0.15) is 0 Å². The van der Waals surface area contributed by atoms with Crippen LogP contribution in [0.25, 0.3) is 0 Å². The molecule has 0 aromatic heterocycles.